The Hall–Kier alpha value is -5.53. The Kier molecular flexibility index (Phi) is 12.9. The van der Waals surface area contributed by atoms with Crippen molar-refractivity contribution < 1.29 is 28.2 Å². The first-order valence-electron chi connectivity index (χ1n) is 21.2. The lowest BCUT2D eigenvalue weighted by molar-refractivity contribution is -0.137. The molecule has 3 fully saturated rings. The molecule has 3 aliphatic rings. The second-order valence-electron chi connectivity index (χ2n) is 18.0. The maximum atomic E-state index is 17.4. The van der Waals surface area contributed by atoms with Crippen molar-refractivity contribution in [1.82, 2.24) is 19.4 Å². The van der Waals surface area contributed by atoms with Crippen molar-refractivity contribution in [1.29, 1.82) is 10.5 Å². The van der Waals surface area contributed by atoms with E-state index >= 15 is 4.39 Å². The van der Waals surface area contributed by atoms with E-state index in [9.17, 15) is 19.2 Å². The second kappa shape index (κ2) is 17.9. The number of aromatic nitrogens is 2. The van der Waals surface area contributed by atoms with Gasteiger partial charge in [-0.2, -0.15) is 10.5 Å². The number of ether oxygens (including phenoxy) is 1. The number of pyridine rings is 1. The number of carbonyl (C=O) groups is 2. The Morgan fingerprint density at radius 1 is 1.05 bits per heavy atom. The zero-order valence-corrected chi connectivity index (χ0v) is 37.6. The van der Waals surface area contributed by atoms with Gasteiger partial charge in [0.15, 0.2) is 5.82 Å². The number of benzene rings is 3. The summed E-state index contributed by atoms with van der Waals surface area (Å²) in [5.41, 5.74) is 4.03. The molecule has 0 bridgehead atoms. The van der Waals surface area contributed by atoms with Gasteiger partial charge in [0.05, 0.1) is 57.6 Å². The van der Waals surface area contributed by atoms with Crippen LogP contribution in [-0.2, 0) is 22.6 Å². The van der Waals surface area contributed by atoms with Gasteiger partial charge in [0.1, 0.15) is 16.9 Å². The highest BCUT2D eigenvalue weighted by molar-refractivity contribution is 6.43. The van der Waals surface area contributed by atoms with Crippen molar-refractivity contribution in [2.75, 3.05) is 19.6 Å². The van der Waals surface area contributed by atoms with Crippen molar-refractivity contribution in [2.24, 2.45) is 5.41 Å². The Morgan fingerprint density at radius 2 is 1.79 bits per heavy atom. The van der Waals surface area contributed by atoms with Crippen LogP contribution in [0.1, 0.15) is 113 Å². The van der Waals surface area contributed by atoms with Crippen LogP contribution in [0.15, 0.2) is 55.1 Å². The molecule has 3 aromatic carbocycles. The Morgan fingerprint density at radius 3 is 2.44 bits per heavy atom. The van der Waals surface area contributed by atoms with E-state index in [0.717, 1.165) is 48.3 Å². The van der Waals surface area contributed by atoms with Gasteiger partial charge in [0.2, 0.25) is 5.91 Å². The number of hydrogen-bond donors (Lipinski definition) is 1. The molecule has 2 aromatic heterocycles. The molecular formula is C49H50Cl2F2N6O4. The summed E-state index contributed by atoms with van der Waals surface area (Å²) in [5, 5.41) is 28.6. The number of hydrogen-bond acceptors (Lipinski definition) is 7. The first kappa shape index (κ1) is 45.5. The van der Waals surface area contributed by atoms with Crippen LogP contribution in [0.5, 0.6) is 0 Å². The van der Waals surface area contributed by atoms with Crippen LogP contribution in [0, 0.1) is 39.7 Å². The summed E-state index contributed by atoms with van der Waals surface area (Å²) in [6.45, 7) is 15.0. The third-order valence-electron chi connectivity index (χ3n) is 12.2. The van der Waals surface area contributed by atoms with Crippen LogP contribution in [0.3, 0.4) is 0 Å². The van der Waals surface area contributed by atoms with Crippen LogP contribution in [0.2, 0.25) is 10.0 Å². The number of aliphatic hydroxyl groups excluding tert-OH is 1. The van der Waals surface area contributed by atoms with E-state index in [1.54, 1.807) is 29.2 Å². The van der Waals surface area contributed by atoms with Gasteiger partial charge in [-0.1, -0.05) is 54.9 Å². The largest absolute Gasteiger partial charge is 0.444 e. The smallest absolute Gasteiger partial charge is 0.410 e. The molecule has 0 spiro atoms. The monoisotopic (exact) mass is 894 g/mol. The maximum absolute atomic E-state index is 17.4. The molecule has 2 saturated heterocycles. The van der Waals surface area contributed by atoms with E-state index in [-0.39, 0.29) is 70.6 Å². The average molecular weight is 896 g/mol. The lowest BCUT2D eigenvalue weighted by Gasteiger charge is -2.30. The Bertz CT molecular complexity index is 2750. The standard InChI is InChI=1S/C41H44Cl2FN5O3.C8H6FNO/c1-23(2)35-28-21-31(30-13-9-18-48(30)38(50)41(6)15-16-41)49(25-14-19-47(22-25)39(51)52-40(3,4)5)37(28)27-20-24(10-8-17-45)32(34(44)36(27)46-35)26-11-7-12-29(42)33(26)43;9-8-2-1-6(5-11)7(3-8)4-10/h7,11-12,20-21,25,30H,1,8-10,13-16,18-19,22H2,2-6H3;1-3,11H,5H2. The predicted molar refractivity (Wildman–Crippen MR) is 241 cm³/mol. The summed E-state index contributed by atoms with van der Waals surface area (Å²) in [4.78, 5) is 36.0. The number of amides is 2. The fraction of sp³-hybridized carbons (Fsp3) is 0.408. The highest BCUT2D eigenvalue weighted by Crippen LogP contribution is 2.51. The van der Waals surface area contributed by atoms with Gasteiger partial charge >= 0.3 is 6.09 Å². The van der Waals surface area contributed by atoms with E-state index in [0.29, 0.717) is 64.4 Å². The van der Waals surface area contributed by atoms with Crippen molar-refractivity contribution in [3.8, 4) is 23.3 Å². The molecule has 328 valence electrons. The number of aliphatic hydroxyl groups is 1. The van der Waals surface area contributed by atoms with Gasteiger partial charge in [0, 0.05) is 59.1 Å². The minimum atomic E-state index is -0.649. The summed E-state index contributed by atoms with van der Waals surface area (Å²) in [6.07, 6.45) is 4.11. The van der Waals surface area contributed by atoms with E-state index in [1.165, 1.54) is 12.1 Å². The highest BCUT2D eigenvalue weighted by Gasteiger charge is 2.50. The van der Waals surface area contributed by atoms with Crippen molar-refractivity contribution in [2.45, 2.75) is 104 Å². The third-order valence-corrected chi connectivity index (χ3v) is 13.0. The fourth-order valence-corrected chi connectivity index (χ4v) is 9.20. The fourth-order valence-electron chi connectivity index (χ4n) is 8.81. The number of carbonyl (C=O) groups excluding carboxylic acids is 2. The average Bonchev–Trinajstić information content (AvgIpc) is 3.60. The maximum Gasteiger partial charge on any atom is 0.410 e. The molecular weight excluding hydrogens is 845 g/mol. The molecule has 63 heavy (non-hydrogen) atoms. The molecule has 8 rings (SSSR count). The molecule has 2 aliphatic heterocycles. The van der Waals surface area contributed by atoms with Crippen LogP contribution in [0.4, 0.5) is 13.6 Å². The number of nitrogens with zero attached hydrogens (tertiary/aromatic N) is 6. The molecule has 2 unspecified atom stereocenters. The molecule has 2 amide bonds. The molecule has 14 heteroatoms. The number of allylic oxidation sites excluding steroid dienone is 1. The van der Waals surface area contributed by atoms with Crippen LogP contribution >= 0.6 is 23.2 Å². The van der Waals surface area contributed by atoms with Gasteiger partial charge in [-0.25, -0.2) is 18.6 Å². The van der Waals surface area contributed by atoms with E-state index in [2.05, 4.69) is 23.3 Å². The molecule has 5 aromatic rings. The molecule has 1 aliphatic carbocycles. The van der Waals surface area contributed by atoms with Crippen LogP contribution < -0.4 is 0 Å². The summed E-state index contributed by atoms with van der Waals surface area (Å²) in [6, 6.07) is 16.5. The zero-order chi connectivity index (χ0) is 45.5. The van der Waals surface area contributed by atoms with Crippen LogP contribution in [-0.4, -0.2) is 61.7 Å². The van der Waals surface area contributed by atoms with E-state index in [1.807, 2.05) is 45.6 Å². The first-order chi connectivity index (χ1) is 29.9. The predicted octanol–water partition coefficient (Wildman–Crippen LogP) is 11.6. The zero-order valence-electron chi connectivity index (χ0n) is 36.1. The lowest BCUT2D eigenvalue weighted by Crippen LogP contribution is -2.37. The summed E-state index contributed by atoms with van der Waals surface area (Å²) in [5.74, 6) is -0.849. The summed E-state index contributed by atoms with van der Waals surface area (Å²) >= 11 is 13.1. The van der Waals surface area contributed by atoms with Crippen molar-refractivity contribution in [3.63, 3.8) is 0 Å². The number of aryl methyl sites for hydroxylation is 1. The summed E-state index contributed by atoms with van der Waals surface area (Å²) in [7, 11) is 0. The topological polar surface area (TPSA) is 135 Å². The number of rotatable bonds is 8. The molecule has 10 nitrogen and oxygen atoms in total. The molecule has 1 N–H and O–H groups in total. The number of nitriles is 2. The number of likely N-dealkylation sites (tertiary alicyclic amines) is 2. The van der Waals surface area contributed by atoms with Crippen LogP contribution in [0.25, 0.3) is 38.5 Å². The van der Waals surface area contributed by atoms with Gasteiger partial charge in [-0.05, 0) is 113 Å². The third kappa shape index (κ3) is 9.00. The molecule has 2 atom stereocenters. The van der Waals surface area contributed by atoms with Gasteiger partial charge in [0.25, 0.3) is 0 Å². The first-order valence-corrected chi connectivity index (χ1v) is 21.9. The van der Waals surface area contributed by atoms with Gasteiger partial charge in [-0.3, -0.25) is 4.79 Å². The highest BCUT2D eigenvalue weighted by atomic mass is 35.5. The second-order valence-corrected chi connectivity index (χ2v) is 18.8. The Balaban J connectivity index is 0.000000473. The quantitative estimate of drug-likeness (QED) is 0.164. The molecule has 0 radical (unpaired) electrons. The Labute approximate surface area is 376 Å². The number of halogens is 4. The minimum Gasteiger partial charge on any atom is -0.444 e. The minimum absolute atomic E-state index is 0.148. The number of fused-ring (bicyclic) bond motifs is 3. The van der Waals surface area contributed by atoms with Gasteiger partial charge < -0.3 is 24.2 Å². The normalized spacial score (nSPS) is 17.9. The SMILES string of the molecule is C=C(C)c1nc2c(F)c(-c3cccc(Cl)c3Cl)c(CCC#N)cc2c2c1cc(C1CCCN1C(=O)C1(C)CC1)n2C1CCN(C(=O)OC(C)(C)C)C1.N#Cc1cc(F)ccc1CO. The molecule has 1 saturated carbocycles. The van der Waals surface area contributed by atoms with E-state index in [4.69, 9.17) is 43.3 Å². The van der Waals surface area contributed by atoms with Crippen molar-refractivity contribution >= 4 is 62.6 Å². The molecule has 4 heterocycles. The van der Waals surface area contributed by atoms with Crippen molar-refractivity contribution in [3.05, 3.63) is 105 Å². The lowest BCUT2D eigenvalue weighted by atomic mass is 9.92. The van der Waals surface area contributed by atoms with Gasteiger partial charge in [-0.15, -0.1) is 0 Å². The summed E-state index contributed by atoms with van der Waals surface area (Å²) < 4.78 is 37.8. The van der Waals surface area contributed by atoms with E-state index < -0.39 is 17.2 Å².